The van der Waals surface area contributed by atoms with Crippen molar-refractivity contribution in [3.05, 3.63) is 46.2 Å². The first-order valence-electron chi connectivity index (χ1n) is 10.9. The molecule has 2 fully saturated rings. The highest BCUT2D eigenvalue weighted by molar-refractivity contribution is 7.12. The summed E-state index contributed by atoms with van der Waals surface area (Å²) in [6.07, 6.45) is 5.45. The Kier molecular flexibility index (Phi) is 6.51. The zero-order chi connectivity index (χ0) is 21.8. The van der Waals surface area contributed by atoms with Crippen LogP contribution in [-0.2, 0) is 11.3 Å². The summed E-state index contributed by atoms with van der Waals surface area (Å²) in [6.45, 7) is 1.52. The second kappa shape index (κ2) is 9.30. The largest absolute Gasteiger partial charge is 0.493 e. The Morgan fingerprint density at radius 1 is 1.13 bits per heavy atom. The Labute approximate surface area is 187 Å². The summed E-state index contributed by atoms with van der Waals surface area (Å²) in [5.41, 5.74) is 0.755. The molecule has 0 radical (unpaired) electrons. The van der Waals surface area contributed by atoms with Gasteiger partial charge in [-0.25, -0.2) is 0 Å². The minimum Gasteiger partial charge on any atom is -0.493 e. The van der Waals surface area contributed by atoms with Crippen LogP contribution in [0.25, 0.3) is 0 Å². The van der Waals surface area contributed by atoms with Gasteiger partial charge in [-0.2, -0.15) is 0 Å². The number of nitrogens with one attached hydrogen (secondary N) is 1. The molecular formula is C24H30N2O4S. The Bertz CT molecular complexity index is 922. The molecule has 166 valence electrons. The molecule has 2 amide bonds. The second-order valence-electron chi connectivity index (χ2n) is 8.51. The van der Waals surface area contributed by atoms with Gasteiger partial charge in [-0.05, 0) is 30.4 Å². The van der Waals surface area contributed by atoms with Gasteiger partial charge in [0.2, 0.25) is 5.91 Å². The fourth-order valence-electron chi connectivity index (χ4n) is 5.20. The van der Waals surface area contributed by atoms with Crippen LogP contribution >= 0.6 is 11.3 Å². The summed E-state index contributed by atoms with van der Waals surface area (Å²) in [5, 5.41) is 5.04. The molecule has 1 aliphatic carbocycles. The lowest BCUT2D eigenvalue weighted by Crippen LogP contribution is -2.42. The third-order valence-electron chi connectivity index (χ3n) is 6.77. The Balaban J connectivity index is 1.51. The summed E-state index contributed by atoms with van der Waals surface area (Å²) in [6, 6.07) is 9.42. The quantitative estimate of drug-likeness (QED) is 0.731. The summed E-state index contributed by atoms with van der Waals surface area (Å²) < 4.78 is 10.9. The molecule has 1 aromatic carbocycles. The molecule has 1 saturated heterocycles. The average molecular weight is 443 g/mol. The summed E-state index contributed by atoms with van der Waals surface area (Å²) >= 11 is 1.46. The lowest BCUT2D eigenvalue weighted by atomic mass is 9.67. The van der Waals surface area contributed by atoms with Crippen molar-refractivity contribution in [2.24, 2.45) is 11.3 Å². The Morgan fingerprint density at radius 2 is 1.94 bits per heavy atom. The Morgan fingerprint density at radius 3 is 2.61 bits per heavy atom. The predicted molar refractivity (Wildman–Crippen MR) is 121 cm³/mol. The molecule has 1 spiro atoms. The van der Waals surface area contributed by atoms with Crippen LogP contribution in [0.3, 0.4) is 0 Å². The number of nitrogens with zero attached hydrogens (tertiary/aromatic N) is 1. The molecule has 1 unspecified atom stereocenters. The lowest BCUT2D eigenvalue weighted by Gasteiger charge is -2.37. The number of rotatable bonds is 6. The highest BCUT2D eigenvalue weighted by Crippen LogP contribution is 2.48. The molecule has 6 nitrogen and oxygen atoms in total. The maximum Gasteiger partial charge on any atom is 0.263 e. The normalized spacial score (nSPS) is 19.9. The van der Waals surface area contributed by atoms with Crippen molar-refractivity contribution in [2.75, 3.05) is 27.3 Å². The van der Waals surface area contributed by atoms with Crippen molar-refractivity contribution in [2.45, 2.75) is 38.6 Å². The molecule has 4 rings (SSSR count). The van der Waals surface area contributed by atoms with Crippen LogP contribution in [0.5, 0.6) is 11.5 Å². The number of amides is 2. The maximum atomic E-state index is 13.4. The van der Waals surface area contributed by atoms with Gasteiger partial charge in [-0.1, -0.05) is 37.5 Å². The molecule has 1 N–H and O–H groups in total. The number of carbonyl (C=O) groups is 2. The van der Waals surface area contributed by atoms with Crippen LogP contribution in [0.1, 0.15) is 47.3 Å². The first kappa shape index (κ1) is 21.7. The van der Waals surface area contributed by atoms with Gasteiger partial charge in [0, 0.05) is 30.6 Å². The number of para-hydroxylation sites is 1. The second-order valence-corrected chi connectivity index (χ2v) is 9.46. The van der Waals surface area contributed by atoms with E-state index in [-0.39, 0.29) is 23.1 Å². The minimum absolute atomic E-state index is 0.0215. The molecule has 1 aromatic heterocycles. The molecule has 7 heteroatoms. The Hall–Kier alpha value is -2.54. The van der Waals surface area contributed by atoms with Gasteiger partial charge in [0.1, 0.15) is 0 Å². The first-order valence-corrected chi connectivity index (χ1v) is 11.8. The van der Waals surface area contributed by atoms with Crippen molar-refractivity contribution < 1.29 is 19.1 Å². The summed E-state index contributed by atoms with van der Waals surface area (Å²) in [5.74, 6) is 1.16. The molecule has 1 atom stereocenters. The fourth-order valence-corrected chi connectivity index (χ4v) is 5.89. The van der Waals surface area contributed by atoms with E-state index in [1.54, 1.807) is 14.2 Å². The van der Waals surface area contributed by atoms with Gasteiger partial charge in [0.15, 0.2) is 11.5 Å². The van der Waals surface area contributed by atoms with E-state index in [1.807, 2.05) is 40.6 Å². The van der Waals surface area contributed by atoms with Crippen molar-refractivity contribution in [1.82, 2.24) is 10.2 Å². The van der Waals surface area contributed by atoms with E-state index < -0.39 is 0 Å². The SMILES string of the molecule is COc1cccc(CNC(=O)C2CN(C(=O)c3cccs3)CC23CCCCC3)c1OC. The van der Waals surface area contributed by atoms with Crippen LogP contribution in [0.2, 0.25) is 0 Å². The van der Waals surface area contributed by atoms with Crippen molar-refractivity contribution in [3.8, 4) is 11.5 Å². The molecule has 2 aliphatic rings. The number of hydrogen-bond donors (Lipinski definition) is 1. The van der Waals surface area contributed by atoms with E-state index in [2.05, 4.69) is 5.32 Å². The number of hydrogen-bond acceptors (Lipinski definition) is 5. The van der Waals surface area contributed by atoms with Crippen LogP contribution in [0.4, 0.5) is 0 Å². The highest BCUT2D eigenvalue weighted by Gasteiger charge is 2.51. The predicted octanol–water partition coefficient (Wildman–Crippen LogP) is 4.10. The van der Waals surface area contributed by atoms with Crippen molar-refractivity contribution >= 4 is 23.2 Å². The van der Waals surface area contributed by atoms with Gasteiger partial charge >= 0.3 is 0 Å². The molecule has 2 heterocycles. The fraction of sp³-hybridized carbons (Fsp3) is 0.500. The van der Waals surface area contributed by atoms with E-state index in [1.165, 1.54) is 17.8 Å². The molecule has 1 aliphatic heterocycles. The third-order valence-corrected chi connectivity index (χ3v) is 7.63. The lowest BCUT2D eigenvalue weighted by molar-refractivity contribution is -0.128. The number of benzene rings is 1. The topological polar surface area (TPSA) is 67.9 Å². The third kappa shape index (κ3) is 4.28. The molecule has 0 bridgehead atoms. The van der Waals surface area contributed by atoms with E-state index in [9.17, 15) is 9.59 Å². The van der Waals surface area contributed by atoms with Gasteiger partial charge in [-0.3, -0.25) is 9.59 Å². The highest BCUT2D eigenvalue weighted by atomic mass is 32.1. The number of ether oxygens (including phenoxy) is 2. The van der Waals surface area contributed by atoms with Gasteiger partial charge in [-0.15, -0.1) is 11.3 Å². The smallest absolute Gasteiger partial charge is 0.263 e. The van der Waals surface area contributed by atoms with Crippen molar-refractivity contribution in [3.63, 3.8) is 0 Å². The van der Waals surface area contributed by atoms with Crippen LogP contribution in [0.15, 0.2) is 35.7 Å². The van der Waals surface area contributed by atoms with Gasteiger partial charge < -0.3 is 19.7 Å². The van der Waals surface area contributed by atoms with Gasteiger partial charge in [0.25, 0.3) is 5.91 Å². The molecule has 31 heavy (non-hydrogen) atoms. The van der Waals surface area contributed by atoms with Gasteiger partial charge in [0.05, 0.1) is 25.0 Å². The van der Waals surface area contributed by atoms with Crippen LogP contribution in [-0.4, -0.2) is 44.0 Å². The van der Waals surface area contributed by atoms with Crippen LogP contribution in [0, 0.1) is 11.3 Å². The molecule has 2 aromatic rings. The standard InChI is InChI=1S/C24H30N2O4S/c1-29-19-9-6-8-17(21(19)30-2)14-25-22(27)18-15-26(23(28)20-10-7-13-31-20)16-24(18)11-4-3-5-12-24/h6-10,13,18H,3-5,11-12,14-16H2,1-2H3,(H,25,27). The molecular weight excluding hydrogens is 412 g/mol. The number of likely N-dealkylation sites (tertiary alicyclic amines) is 1. The first-order chi connectivity index (χ1) is 15.1. The van der Waals surface area contributed by atoms with E-state index >= 15 is 0 Å². The zero-order valence-corrected chi connectivity index (χ0v) is 19.0. The summed E-state index contributed by atoms with van der Waals surface area (Å²) in [7, 11) is 3.20. The minimum atomic E-state index is -0.187. The van der Waals surface area contributed by atoms with E-state index in [0.29, 0.717) is 31.1 Å². The summed E-state index contributed by atoms with van der Waals surface area (Å²) in [4.78, 5) is 29.0. The zero-order valence-electron chi connectivity index (χ0n) is 18.2. The van der Waals surface area contributed by atoms with E-state index in [4.69, 9.17) is 9.47 Å². The average Bonchev–Trinajstić information content (AvgIpc) is 3.46. The monoisotopic (exact) mass is 442 g/mol. The maximum absolute atomic E-state index is 13.4. The number of methoxy groups -OCH3 is 2. The number of carbonyl (C=O) groups excluding carboxylic acids is 2. The van der Waals surface area contributed by atoms with E-state index in [0.717, 1.165) is 36.1 Å². The molecule has 1 saturated carbocycles. The van der Waals surface area contributed by atoms with Crippen molar-refractivity contribution in [1.29, 1.82) is 0 Å². The number of thiophene rings is 1. The van der Waals surface area contributed by atoms with Crippen LogP contribution < -0.4 is 14.8 Å².